The van der Waals surface area contributed by atoms with Crippen LogP contribution in [-0.4, -0.2) is 48.1 Å². The predicted octanol–water partition coefficient (Wildman–Crippen LogP) is 4.76. The van der Waals surface area contributed by atoms with Gasteiger partial charge in [-0.25, -0.2) is 4.39 Å². The second-order valence-corrected chi connectivity index (χ2v) is 10.1. The standard InChI is InChI=1S/C32H30FN3O5/c1-41-25-17-15-24(16-18-25)34-31(39)29(22-7-3-2-4-8-22)36(19-21-11-13-23(33)14-12-21)28(37)20-35-27-10-6-5-9-26(27)30(38)32(35)40/h2-3,5-6,9-18,22,29H,4,7-8,19-20H2,1H3,(H,34,39)/t22-,29-/m0/s1. The number of ether oxygens (including phenoxy) is 1. The number of methoxy groups -OCH3 is 1. The van der Waals surface area contributed by atoms with Crippen LogP contribution in [0.4, 0.5) is 15.8 Å². The molecule has 3 aromatic carbocycles. The van der Waals surface area contributed by atoms with Crippen molar-refractivity contribution in [3.63, 3.8) is 0 Å². The van der Waals surface area contributed by atoms with E-state index in [2.05, 4.69) is 5.32 Å². The number of halogens is 1. The summed E-state index contributed by atoms with van der Waals surface area (Å²) in [7, 11) is 1.55. The highest BCUT2D eigenvalue weighted by Crippen LogP contribution is 2.31. The number of amides is 3. The zero-order valence-corrected chi connectivity index (χ0v) is 22.6. The third-order valence-corrected chi connectivity index (χ3v) is 7.48. The summed E-state index contributed by atoms with van der Waals surface area (Å²) >= 11 is 0. The lowest BCUT2D eigenvalue weighted by Crippen LogP contribution is -2.54. The second kappa shape index (κ2) is 12.2. The minimum atomic E-state index is -0.900. The van der Waals surface area contributed by atoms with Crippen LogP contribution in [-0.2, 0) is 20.9 Å². The van der Waals surface area contributed by atoms with Gasteiger partial charge in [0.05, 0.1) is 18.4 Å². The number of hydrogen-bond donors (Lipinski definition) is 1. The lowest BCUT2D eigenvalue weighted by molar-refractivity contribution is -0.140. The smallest absolute Gasteiger partial charge is 0.299 e. The van der Waals surface area contributed by atoms with Crippen molar-refractivity contribution in [2.45, 2.75) is 31.8 Å². The highest BCUT2D eigenvalue weighted by molar-refractivity contribution is 6.52. The molecule has 1 aliphatic heterocycles. The number of benzene rings is 3. The molecule has 0 aromatic heterocycles. The quantitative estimate of drug-likeness (QED) is 0.304. The van der Waals surface area contributed by atoms with Crippen LogP contribution in [0.2, 0.25) is 0 Å². The Kier molecular flexibility index (Phi) is 8.24. The van der Waals surface area contributed by atoms with Crippen molar-refractivity contribution >= 4 is 34.9 Å². The van der Waals surface area contributed by atoms with E-state index in [9.17, 15) is 23.6 Å². The van der Waals surface area contributed by atoms with Gasteiger partial charge in [-0.1, -0.05) is 36.4 Å². The molecule has 8 nitrogen and oxygen atoms in total. The largest absolute Gasteiger partial charge is 0.497 e. The molecule has 0 saturated carbocycles. The fraction of sp³-hybridized carbons (Fsp3) is 0.250. The van der Waals surface area contributed by atoms with Gasteiger partial charge >= 0.3 is 0 Å². The normalized spacial score (nSPS) is 16.7. The van der Waals surface area contributed by atoms with Crippen molar-refractivity contribution in [3.8, 4) is 5.75 Å². The Bertz CT molecular complexity index is 1490. The number of rotatable bonds is 9. The van der Waals surface area contributed by atoms with E-state index in [1.165, 1.54) is 17.0 Å². The molecule has 0 radical (unpaired) electrons. The summed E-state index contributed by atoms with van der Waals surface area (Å²) < 4.78 is 18.9. The molecule has 3 aromatic rings. The average Bonchev–Trinajstić information content (AvgIpc) is 3.23. The third-order valence-electron chi connectivity index (χ3n) is 7.48. The van der Waals surface area contributed by atoms with Crippen molar-refractivity contribution in [1.82, 2.24) is 4.90 Å². The van der Waals surface area contributed by atoms with Crippen molar-refractivity contribution in [1.29, 1.82) is 0 Å². The number of fused-ring (bicyclic) bond motifs is 1. The Morgan fingerprint density at radius 2 is 1.76 bits per heavy atom. The van der Waals surface area contributed by atoms with Crippen LogP contribution in [0.1, 0.15) is 35.2 Å². The fourth-order valence-corrected chi connectivity index (χ4v) is 5.36. The van der Waals surface area contributed by atoms with Crippen LogP contribution in [0.5, 0.6) is 5.75 Å². The fourth-order valence-electron chi connectivity index (χ4n) is 5.36. The Labute approximate surface area is 237 Å². The van der Waals surface area contributed by atoms with E-state index in [1.54, 1.807) is 67.8 Å². The van der Waals surface area contributed by atoms with Gasteiger partial charge in [0.15, 0.2) is 0 Å². The van der Waals surface area contributed by atoms with E-state index < -0.39 is 36.0 Å². The first-order chi connectivity index (χ1) is 19.9. The molecule has 1 heterocycles. The maximum Gasteiger partial charge on any atom is 0.299 e. The van der Waals surface area contributed by atoms with Gasteiger partial charge in [-0.05, 0) is 79.3 Å². The average molecular weight is 556 g/mol. The van der Waals surface area contributed by atoms with Gasteiger partial charge in [-0.15, -0.1) is 0 Å². The maximum absolute atomic E-state index is 14.1. The molecule has 0 fully saturated rings. The number of Topliss-reactive ketones (excluding diaryl/α,β-unsaturated/α-hetero) is 1. The molecule has 5 rings (SSSR count). The SMILES string of the molecule is COc1ccc(NC(=O)[C@H]([C@H]2CC=CCC2)N(Cc2ccc(F)cc2)C(=O)CN2C(=O)C(=O)c3ccccc32)cc1. The number of allylic oxidation sites excluding steroid dienone is 2. The zero-order chi connectivity index (χ0) is 28.9. The van der Waals surface area contributed by atoms with E-state index in [4.69, 9.17) is 4.74 Å². The zero-order valence-electron chi connectivity index (χ0n) is 22.6. The van der Waals surface area contributed by atoms with Gasteiger partial charge in [0, 0.05) is 12.2 Å². The number of hydrogen-bond acceptors (Lipinski definition) is 5. The summed E-state index contributed by atoms with van der Waals surface area (Å²) in [5.74, 6) is -2.34. The van der Waals surface area contributed by atoms with E-state index in [-0.39, 0.29) is 23.9 Å². The van der Waals surface area contributed by atoms with Gasteiger partial charge in [0.1, 0.15) is 24.2 Å². The number of carbonyl (C=O) groups excluding carboxylic acids is 4. The first-order valence-electron chi connectivity index (χ1n) is 13.4. The second-order valence-electron chi connectivity index (χ2n) is 10.1. The van der Waals surface area contributed by atoms with Gasteiger partial charge in [-0.2, -0.15) is 0 Å². The van der Waals surface area contributed by atoms with Crippen LogP contribution in [0.3, 0.4) is 0 Å². The van der Waals surface area contributed by atoms with Crippen LogP contribution >= 0.6 is 0 Å². The summed E-state index contributed by atoms with van der Waals surface area (Å²) in [4.78, 5) is 56.1. The number of anilines is 2. The molecular weight excluding hydrogens is 525 g/mol. The van der Waals surface area contributed by atoms with Gasteiger partial charge in [0.25, 0.3) is 11.7 Å². The Morgan fingerprint density at radius 1 is 1.02 bits per heavy atom. The van der Waals surface area contributed by atoms with Gasteiger partial charge in [0.2, 0.25) is 11.8 Å². The Hall–Kier alpha value is -4.79. The molecule has 2 atom stereocenters. The van der Waals surface area contributed by atoms with Crippen LogP contribution in [0.15, 0.2) is 84.9 Å². The van der Waals surface area contributed by atoms with E-state index >= 15 is 0 Å². The minimum absolute atomic E-state index is 0.0116. The highest BCUT2D eigenvalue weighted by atomic mass is 19.1. The van der Waals surface area contributed by atoms with Crippen molar-refractivity contribution in [2.24, 2.45) is 5.92 Å². The molecule has 210 valence electrons. The van der Waals surface area contributed by atoms with Crippen molar-refractivity contribution < 1.29 is 28.3 Å². The maximum atomic E-state index is 14.1. The topological polar surface area (TPSA) is 96.0 Å². The molecule has 1 aliphatic carbocycles. The molecule has 2 aliphatic rings. The van der Waals surface area contributed by atoms with Gasteiger partial charge in [-0.3, -0.25) is 24.1 Å². The predicted molar refractivity (Wildman–Crippen MR) is 152 cm³/mol. The summed E-state index contributed by atoms with van der Waals surface area (Å²) in [6.07, 6.45) is 6.06. The Morgan fingerprint density at radius 3 is 2.44 bits per heavy atom. The number of ketones is 1. The third kappa shape index (κ3) is 6.04. The number of para-hydroxylation sites is 1. The summed E-state index contributed by atoms with van der Waals surface area (Å²) in [5, 5.41) is 2.94. The minimum Gasteiger partial charge on any atom is -0.497 e. The molecule has 9 heteroatoms. The molecule has 0 saturated heterocycles. The summed E-state index contributed by atoms with van der Waals surface area (Å²) in [6, 6.07) is 18.2. The number of nitrogens with one attached hydrogen (secondary N) is 1. The number of carbonyl (C=O) groups is 4. The van der Waals surface area contributed by atoms with Crippen molar-refractivity contribution in [2.75, 3.05) is 23.9 Å². The summed E-state index contributed by atoms with van der Waals surface area (Å²) in [5.41, 5.74) is 1.76. The molecule has 41 heavy (non-hydrogen) atoms. The summed E-state index contributed by atoms with van der Waals surface area (Å²) in [6.45, 7) is -0.407. The molecule has 0 bridgehead atoms. The molecule has 0 unspecified atom stereocenters. The number of nitrogens with zero attached hydrogens (tertiary/aromatic N) is 2. The lowest BCUT2D eigenvalue weighted by Gasteiger charge is -2.37. The molecule has 3 amide bonds. The first-order valence-corrected chi connectivity index (χ1v) is 13.4. The lowest BCUT2D eigenvalue weighted by atomic mass is 9.85. The monoisotopic (exact) mass is 555 g/mol. The highest BCUT2D eigenvalue weighted by Gasteiger charge is 2.41. The van der Waals surface area contributed by atoms with Crippen LogP contribution in [0.25, 0.3) is 0 Å². The molecule has 0 spiro atoms. The van der Waals surface area contributed by atoms with E-state index in [0.717, 1.165) is 11.3 Å². The van der Waals surface area contributed by atoms with Crippen molar-refractivity contribution in [3.05, 3.63) is 102 Å². The first kappa shape index (κ1) is 27.8. The van der Waals surface area contributed by atoms with E-state index in [0.29, 0.717) is 35.5 Å². The molecular formula is C32H30FN3O5. The van der Waals surface area contributed by atoms with E-state index in [1.807, 2.05) is 12.2 Å². The molecule has 1 N–H and O–H groups in total. The van der Waals surface area contributed by atoms with Crippen LogP contribution in [0, 0.1) is 11.7 Å². The van der Waals surface area contributed by atoms with Crippen LogP contribution < -0.4 is 15.0 Å². The Balaban J connectivity index is 1.49. The van der Waals surface area contributed by atoms with Gasteiger partial charge < -0.3 is 15.0 Å².